The predicted molar refractivity (Wildman–Crippen MR) is 64.4 cm³/mol. The number of hydrogen-bond donors (Lipinski definition) is 1. The van der Waals surface area contributed by atoms with Gasteiger partial charge in [-0.25, -0.2) is 0 Å². The van der Waals surface area contributed by atoms with Crippen LogP contribution in [-0.2, 0) is 0 Å². The van der Waals surface area contributed by atoms with E-state index in [1.54, 1.807) is 19.1 Å². The van der Waals surface area contributed by atoms with Crippen molar-refractivity contribution in [3.8, 4) is 12.3 Å². The third-order valence-electron chi connectivity index (χ3n) is 2.44. The molecule has 84 valence electrons. The van der Waals surface area contributed by atoms with Gasteiger partial charge >= 0.3 is 0 Å². The summed E-state index contributed by atoms with van der Waals surface area (Å²) in [6.45, 7) is 3.67. The molecule has 1 atom stereocenters. The second-order valence-corrected chi connectivity index (χ2v) is 3.48. The fraction of sp³-hybridized carbons (Fsp3) is 0.333. The molecule has 0 aliphatic heterocycles. The number of benzene rings is 1. The van der Waals surface area contributed by atoms with Gasteiger partial charge in [-0.1, -0.05) is 18.9 Å². The smallest absolute Gasteiger partial charge is 0.274 e. The van der Waals surface area contributed by atoms with Crippen LogP contribution in [0.15, 0.2) is 18.2 Å². The van der Waals surface area contributed by atoms with E-state index in [4.69, 9.17) is 6.42 Å². The van der Waals surface area contributed by atoms with Crippen LogP contribution >= 0.6 is 0 Å². The van der Waals surface area contributed by atoms with Crippen molar-refractivity contribution in [3.63, 3.8) is 0 Å². The molecule has 0 radical (unpaired) electrons. The number of nitrogens with zero attached hydrogens (tertiary/aromatic N) is 1. The van der Waals surface area contributed by atoms with E-state index in [2.05, 4.69) is 11.2 Å². The van der Waals surface area contributed by atoms with E-state index < -0.39 is 4.92 Å². The summed E-state index contributed by atoms with van der Waals surface area (Å²) in [4.78, 5) is 10.3. The number of hydrogen-bond acceptors (Lipinski definition) is 3. The van der Waals surface area contributed by atoms with Crippen molar-refractivity contribution < 1.29 is 4.92 Å². The van der Waals surface area contributed by atoms with E-state index in [1.807, 2.05) is 6.92 Å². The van der Waals surface area contributed by atoms with Crippen LogP contribution in [0.25, 0.3) is 0 Å². The number of nitrogens with one attached hydrogen (secondary N) is 1. The summed E-state index contributed by atoms with van der Waals surface area (Å²) in [5.41, 5.74) is 1.44. The molecule has 1 aromatic carbocycles. The van der Waals surface area contributed by atoms with Crippen molar-refractivity contribution in [1.82, 2.24) is 0 Å². The Hall–Kier alpha value is -2.02. The highest BCUT2D eigenvalue weighted by Gasteiger charge is 2.14. The molecule has 1 aromatic rings. The van der Waals surface area contributed by atoms with Crippen LogP contribution in [0.2, 0.25) is 0 Å². The predicted octanol–water partition coefficient (Wildman–Crippen LogP) is 2.73. The minimum absolute atomic E-state index is 0.0966. The first-order chi connectivity index (χ1) is 7.60. The molecule has 0 bridgehead atoms. The van der Waals surface area contributed by atoms with Crippen molar-refractivity contribution in [1.29, 1.82) is 0 Å². The molecular formula is C12H14N2O2. The summed E-state index contributed by atoms with van der Waals surface area (Å²) in [5, 5.41) is 13.8. The molecule has 0 aromatic heterocycles. The molecule has 0 heterocycles. The van der Waals surface area contributed by atoms with E-state index >= 15 is 0 Å². The largest absolute Gasteiger partial charge is 0.371 e. The highest BCUT2D eigenvalue weighted by molar-refractivity contribution is 5.60. The minimum Gasteiger partial charge on any atom is -0.371 e. The lowest BCUT2D eigenvalue weighted by atomic mass is 10.1. The van der Waals surface area contributed by atoms with Crippen molar-refractivity contribution in [3.05, 3.63) is 33.9 Å². The zero-order chi connectivity index (χ0) is 12.1. The second-order valence-electron chi connectivity index (χ2n) is 3.48. The van der Waals surface area contributed by atoms with E-state index in [1.165, 1.54) is 6.07 Å². The van der Waals surface area contributed by atoms with Crippen molar-refractivity contribution in [2.75, 3.05) is 5.32 Å². The highest BCUT2D eigenvalue weighted by Crippen LogP contribution is 2.25. The SMILES string of the molecule is C#CC(CC)Nc1cccc([N+](=O)[O-])c1C. The van der Waals surface area contributed by atoms with Crippen LogP contribution in [0.3, 0.4) is 0 Å². The van der Waals surface area contributed by atoms with Crippen molar-refractivity contribution in [2.24, 2.45) is 0 Å². The molecule has 0 spiro atoms. The molecule has 0 aliphatic rings. The maximum atomic E-state index is 10.7. The van der Waals surface area contributed by atoms with E-state index in [9.17, 15) is 10.1 Å². The monoisotopic (exact) mass is 218 g/mol. The third-order valence-corrected chi connectivity index (χ3v) is 2.44. The van der Waals surface area contributed by atoms with Gasteiger partial charge in [0.05, 0.1) is 11.0 Å². The van der Waals surface area contributed by atoms with Crippen LogP contribution < -0.4 is 5.32 Å². The molecule has 1 rings (SSSR count). The van der Waals surface area contributed by atoms with Gasteiger partial charge in [0.2, 0.25) is 0 Å². The summed E-state index contributed by atoms with van der Waals surface area (Å²) >= 11 is 0. The van der Waals surface area contributed by atoms with Gasteiger partial charge in [0.15, 0.2) is 0 Å². The topological polar surface area (TPSA) is 55.2 Å². The molecule has 16 heavy (non-hydrogen) atoms. The van der Waals surface area contributed by atoms with Crippen LogP contribution in [-0.4, -0.2) is 11.0 Å². The fourth-order valence-electron chi connectivity index (χ4n) is 1.43. The first-order valence-electron chi connectivity index (χ1n) is 5.06. The van der Waals surface area contributed by atoms with Gasteiger partial charge < -0.3 is 5.32 Å². The fourth-order valence-corrected chi connectivity index (χ4v) is 1.43. The molecular weight excluding hydrogens is 204 g/mol. The van der Waals surface area contributed by atoms with Crippen molar-refractivity contribution in [2.45, 2.75) is 26.3 Å². The second kappa shape index (κ2) is 5.17. The molecule has 4 nitrogen and oxygen atoms in total. The van der Waals surface area contributed by atoms with Gasteiger partial charge in [0.25, 0.3) is 5.69 Å². The Morgan fingerprint density at radius 1 is 1.62 bits per heavy atom. The van der Waals surface area contributed by atoms with Gasteiger partial charge in [-0.2, -0.15) is 0 Å². The zero-order valence-corrected chi connectivity index (χ0v) is 9.36. The van der Waals surface area contributed by atoms with Gasteiger partial charge in [-0.15, -0.1) is 6.42 Å². The maximum Gasteiger partial charge on any atom is 0.274 e. The molecule has 0 amide bonds. The number of nitro groups is 1. The number of rotatable bonds is 4. The van der Waals surface area contributed by atoms with Gasteiger partial charge in [-0.05, 0) is 19.4 Å². The molecule has 0 fully saturated rings. The summed E-state index contributed by atoms with van der Waals surface area (Å²) in [7, 11) is 0. The summed E-state index contributed by atoms with van der Waals surface area (Å²) in [6, 6.07) is 4.83. The average Bonchev–Trinajstić information content (AvgIpc) is 2.27. The third kappa shape index (κ3) is 2.51. The molecule has 1 N–H and O–H groups in total. The van der Waals surface area contributed by atoms with E-state index in [-0.39, 0.29) is 11.7 Å². The van der Waals surface area contributed by atoms with Crippen LogP contribution in [0, 0.1) is 29.4 Å². The summed E-state index contributed by atoms with van der Waals surface area (Å²) in [5.74, 6) is 2.60. The Bertz CT molecular complexity index is 435. The first-order valence-corrected chi connectivity index (χ1v) is 5.06. The molecule has 0 saturated heterocycles. The minimum atomic E-state index is -0.392. The van der Waals surface area contributed by atoms with E-state index in [0.717, 1.165) is 12.1 Å². The zero-order valence-electron chi connectivity index (χ0n) is 9.36. The Labute approximate surface area is 94.8 Å². The summed E-state index contributed by atoms with van der Waals surface area (Å²) < 4.78 is 0. The normalized spacial score (nSPS) is 11.6. The van der Waals surface area contributed by atoms with E-state index in [0.29, 0.717) is 5.56 Å². The molecule has 1 unspecified atom stereocenters. The highest BCUT2D eigenvalue weighted by atomic mass is 16.6. The van der Waals surface area contributed by atoms with Crippen LogP contribution in [0.4, 0.5) is 11.4 Å². The Morgan fingerprint density at radius 3 is 2.81 bits per heavy atom. The molecule has 0 aliphatic carbocycles. The number of terminal acetylenes is 1. The molecule has 0 saturated carbocycles. The Balaban J connectivity index is 3.02. The quantitative estimate of drug-likeness (QED) is 0.480. The van der Waals surface area contributed by atoms with Crippen LogP contribution in [0.5, 0.6) is 0 Å². The van der Waals surface area contributed by atoms with Gasteiger partial charge in [-0.3, -0.25) is 10.1 Å². The lowest BCUT2D eigenvalue weighted by Crippen LogP contribution is -2.16. The van der Waals surface area contributed by atoms with Gasteiger partial charge in [0.1, 0.15) is 0 Å². The number of anilines is 1. The molecule has 4 heteroatoms. The summed E-state index contributed by atoms with van der Waals surface area (Å²) in [6.07, 6.45) is 6.11. The Morgan fingerprint density at radius 2 is 2.31 bits per heavy atom. The lowest BCUT2D eigenvalue weighted by Gasteiger charge is -2.14. The Kier molecular flexibility index (Phi) is 3.90. The first kappa shape index (κ1) is 12.1. The maximum absolute atomic E-state index is 10.7. The number of nitro benzene ring substituents is 1. The van der Waals surface area contributed by atoms with Gasteiger partial charge in [0, 0.05) is 17.3 Å². The lowest BCUT2D eigenvalue weighted by molar-refractivity contribution is -0.385. The van der Waals surface area contributed by atoms with Crippen LogP contribution in [0.1, 0.15) is 18.9 Å². The standard InChI is InChI=1S/C12H14N2O2/c1-4-10(5-2)13-11-7-6-8-12(9(11)3)14(15)16/h1,6-8,10,13H,5H2,2-3H3. The van der Waals surface area contributed by atoms with Crippen molar-refractivity contribution >= 4 is 11.4 Å². The average molecular weight is 218 g/mol.